The van der Waals surface area contributed by atoms with Crippen molar-refractivity contribution in [2.24, 2.45) is 0 Å². The molecule has 0 atom stereocenters. The van der Waals surface area contributed by atoms with Crippen LogP contribution in [-0.4, -0.2) is 17.4 Å². The third kappa shape index (κ3) is 6.08. The molecule has 13 heavy (non-hydrogen) atoms. The maximum Gasteiger partial charge on any atom is 0.338 e. The quantitative estimate of drug-likeness (QED) is 0.217. The van der Waals surface area contributed by atoms with Crippen LogP contribution in [0, 0.1) is 0 Å². The van der Waals surface area contributed by atoms with E-state index in [1.54, 1.807) is 0 Å². The number of aldehydes is 1. The summed E-state index contributed by atoms with van der Waals surface area (Å²) in [6.07, 6.45) is 6.94. The van der Waals surface area contributed by atoms with Crippen molar-refractivity contribution >= 4 is 12.3 Å². The molecule has 0 aromatic rings. The monoisotopic (exact) mass is 184 g/mol. The van der Waals surface area contributed by atoms with Crippen molar-refractivity contribution in [1.82, 2.24) is 0 Å². The fourth-order valence-corrected chi connectivity index (χ4v) is 1.01. The molecule has 0 saturated heterocycles. The lowest BCUT2D eigenvalue weighted by Gasteiger charge is -1.95. The lowest BCUT2D eigenvalue weighted by Crippen LogP contribution is -2.01. The molecule has 0 fully saturated rings. The molecular weight excluding hydrogens is 168 g/mol. The van der Waals surface area contributed by atoms with E-state index in [-0.39, 0.29) is 5.57 Å². The minimum atomic E-state index is -1.13. The zero-order valence-corrected chi connectivity index (χ0v) is 7.95. The lowest BCUT2D eigenvalue weighted by molar-refractivity contribution is -0.133. The highest BCUT2D eigenvalue weighted by atomic mass is 16.4. The third-order valence-corrected chi connectivity index (χ3v) is 1.80. The molecule has 0 aliphatic rings. The van der Waals surface area contributed by atoms with Crippen LogP contribution in [0.2, 0.25) is 0 Å². The van der Waals surface area contributed by atoms with Crippen molar-refractivity contribution in [3.8, 4) is 0 Å². The summed E-state index contributed by atoms with van der Waals surface area (Å²) >= 11 is 0. The molecule has 0 unspecified atom stereocenters. The number of hydrogen-bond acceptors (Lipinski definition) is 2. The first-order valence-electron chi connectivity index (χ1n) is 4.61. The van der Waals surface area contributed by atoms with Crippen LogP contribution < -0.4 is 0 Å². The molecule has 0 rings (SSSR count). The molecule has 0 bridgehead atoms. The summed E-state index contributed by atoms with van der Waals surface area (Å²) in [5.41, 5.74) is -0.128. The second-order valence-electron chi connectivity index (χ2n) is 2.93. The zero-order valence-electron chi connectivity index (χ0n) is 7.95. The molecule has 0 saturated carbocycles. The van der Waals surface area contributed by atoms with Gasteiger partial charge in [-0.15, -0.1) is 0 Å². The number of carbonyl (C=O) groups is 2. The van der Waals surface area contributed by atoms with E-state index in [1.165, 1.54) is 6.08 Å². The molecular formula is C10H16O3. The number of hydrogen-bond donors (Lipinski definition) is 1. The lowest BCUT2D eigenvalue weighted by atomic mass is 10.1. The summed E-state index contributed by atoms with van der Waals surface area (Å²) in [4.78, 5) is 20.6. The molecule has 0 heterocycles. The number of carboxylic acid groups (broad SMARTS) is 1. The Bertz CT molecular complexity index is 194. The molecule has 0 amide bonds. The van der Waals surface area contributed by atoms with Gasteiger partial charge in [-0.05, 0) is 12.8 Å². The summed E-state index contributed by atoms with van der Waals surface area (Å²) < 4.78 is 0. The maximum atomic E-state index is 10.4. The fraction of sp³-hybridized carbons (Fsp3) is 0.600. The normalized spacial score (nSPS) is 11.3. The Hall–Kier alpha value is -1.12. The van der Waals surface area contributed by atoms with Crippen LogP contribution >= 0.6 is 0 Å². The Labute approximate surface area is 78.5 Å². The van der Waals surface area contributed by atoms with E-state index in [0.717, 1.165) is 25.7 Å². The second-order valence-corrected chi connectivity index (χ2v) is 2.93. The van der Waals surface area contributed by atoms with Crippen LogP contribution in [0.3, 0.4) is 0 Å². The maximum absolute atomic E-state index is 10.4. The standard InChI is InChI=1S/C10H16O3/c1-2-3-4-5-6-7-9(8-11)10(12)13/h7-8H,2-6H2,1H3,(H,12,13)/b9-7+. The number of carbonyl (C=O) groups excluding carboxylic acids is 1. The molecule has 0 aliphatic heterocycles. The van der Waals surface area contributed by atoms with Gasteiger partial charge in [0, 0.05) is 0 Å². The predicted molar refractivity (Wildman–Crippen MR) is 50.5 cm³/mol. The molecule has 0 aliphatic carbocycles. The van der Waals surface area contributed by atoms with E-state index in [1.807, 2.05) is 0 Å². The minimum Gasteiger partial charge on any atom is -0.478 e. The smallest absolute Gasteiger partial charge is 0.338 e. The molecule has 0 aromatic heterocycles. The third-order valence-electron chi connectivity index (χ3n) is 1.80. The highest BCUT2D eigenvalue weighted by Gasteiger charge is 2.03. The Morgan fingerprint density at radius 1 is 1.31 bits per heavy atom. The Kier molecular flexibility index (Phi) is 6.88. The van der Waals surface area contributed by atoms with Gasteiger partial charge >= 0.3 is 5.97 Å². The molecule has 0 spiro atoms. The van der Waals surface area contributed by atoms with Gasteiger partial charge in [0.1, 0.15) is 0 Å². The number of aliphatic carboxylic acids is 1. The van der Waals surface area contributed by atoms with Gasteiger partial charge in [0.2, 0.25) is 0 Å². The summed E-state index contributed by atoms with van der Waals surface area (Å²) in [6, 6.07) is 0. The summed E-state index contributed by atoms with van der Waals surface area (Å²) in [6.45, 7) is 2.12. The Morgan fingerprint density at radius 2 is 2.00 bits per heavy atom. The van der Waals surface area contributed by atoms with Gasteiger partial charge in [-0.2, -0.15) is 0 Å². The van der Waals surface area contributed by atoms with Crippen LogP contribution in [0.1, 0.15) is 39.0 Å². The summed E-state index contributed by atoms with van der Waals surface area (Å²) in [7, 11) is 0. The number of allylic oxidation sites excluding steroid dienone is 1. The second kappa shape index (κ2) is 7.53. The SMILES string of the molecule is CCCCCC/C=C(\C=O)C(=O)O. The average Bonchev–Trinajstić information content (AvgIpc) is 2.10. The number of rotatable bonds is 7. The number of unbranched alkanes of at least 4 members (excludes halogenated alkanes) is 4. The van der Waals surface area contributed by atoms with E-state index in [9.17, 15) is 9.59 Å². The topological polar surface area (TPSA) is 54.4 Å². The first kappa shape index (κ1) is 11.9. The largest absolute Gasteiger partial charge is 0.478 e. The van der Waals surface area contributed by atoms with Gasteiger partial charge in [-0.1, -0.05) is 32.3 Å². The van der Waals surface area contributed by atoms with Crippen molar-refractivity contribution in [3.05, 3.63) is 11.6 Å². The average molecular weight is 184 g/mol. The molecule has 74 valence electrons. The van der Waals surface area contributed by atoms with Gasteiger partial charge < -0.3 is 5.11 Å². The van der Waals surface area contributed by atoms with Crippen molar-refractivity contribution in [2.45, 2.75) is 39.0 Å². The van der Waals surface area contributed by atoms with E-state index < -0.39 is 5.97 Å². The van der Waals surface area contributed by atoms with Crippen molar-refractivity contribution < 1.29 is 14.7 Å². The fourth-order valence-electron chi connectivity index (χ4n) is 1.01. The van der Waals surface area contributed by atoms with E-state index >= 15 is 0 Å². The molecule has 3 nitrogen and oxygen atoms in total. The first-order chi connectivity index (χ1) is 6.22. The molecule has 0 aromatic carbocycles. The Balaban J connectivity index is 3.68. The van der Waals surface area contributed by atoms with Gasteiger partial charge in [0.05, 0.1) is 5.57 Å². The van der Waals surface area contributed by atoms with E-state index in [2.05, 4.69) is 6.92 Å². The van der Waals surface area contributed by atoms with Crippen LogP contribution in [0.4, 0.5) is 0 Å². The van der Waals surface area contributed by atoms with Crippen molar-refractivity contribution in [2.75, 3.05) is 0 Å². The van der Waals surface area contributed by atoms with Crippen molar-refractivity contribution in [1.29, 1.82) is 0 Å². The van der Waals surface area contributed by atoms with Gasteiger partial charge in [-0.3, -0.25) is 4.79 Å². The van der Waals surface area contributed by atoms with Gasteiger partial charge in [-0.25, -0.2) is 4.79 Å². The molecule has 0 radical (unpaired) electrons. The highest BCUT2D eigenvalue weighted by Crippen LogP contribution is 2.04. The van der Waals surface area contributed by atoms with Crippen LogP contribution in [0.15, 0.2) is 11.6 Å². The van der Waals surface area contributed by atoms with Gasteiger partial charge in [0.25, 0.3) is 0 Å². The van der Waals surface area contributed by atoms with Crippen LogP contribution in [0.25, 0.3) is 0 Å². The van der Waals surface area contributed by atoms with Crippen LogP contribution in [-0.2, 0) is 9.59 Å². The number of carboxylic acids is 1. The summed E-state index contributed by atoms with van der Waals surface area (Å²) in [5.74, 6) is -1.13. The van der Waals surface area contributed by atoms with E-state index in [0.29, 0.717) is 12.7 Å². The summed E-state index contributed by atoms with van der Waals surface area (Å²) in [5, 5.41) is 8.48. The van der Waals surface area contributed by atoms with Gasteiger partial charge in [0.15, 0.2) is 6.29 Å². The zero-order chi connectivity index (χ0) is 10.1. The molecule has 3 heteroatoms. The van der Waals surface area contributed by atoms with Crippen molar-refractivity contribution in [3.63, 3.8) is 0 Å². The predicted octanol–water partition coefficient (Wildman–Crippen LogP) is 2.17. The van der Waals surface area contributed by atoms with E-state index in [4.69, 9.17) is 5.11 Å². The highest BCUT2D eigenvalue weighted by molar-refractivity contribution is 6.06. The first-order valence-corrected chi connectivity index (χ1v) is 4.61. The van der Waals surface area contributed by atoms with Crippen LogP contribution in [0.5, 0.6) is 0 Å². The Morgan fingerprint density at radius 3 is 2.46 bits per heavy atom. The molecule has 1 N–H and O–H groups in total. The minimum absolute atomic E-state index is 0.128.